The number of carbonyl (C=O) groups is 1. The molecule has 0 bridgehead atoms. The summed E-state index contributed by atoms with van der Waals surface area (Å²) in [5.41, 5.74) is 6.30. The largest absolute Gasteiger partial charge is 0.368 e. The second-order valence-electron chi connectivity index (χ2n) is 6.84. The number of rotatable bonds is 3. The van der Waals surface area contributed by atoms with Gasteiger partial charge in [-0.25, -0.2) is 4.79 Å². The van der Waals surface area contributed by atoms with Crippen LogP contribution in [0.25, 0.3) is 0 Å². The van der Waals surface area contributed by atoms with Crippen molar-refractivity contribution in [3.63, 3.8) is 0 Å². The molecule has 0 aliphatic carbocycles. The van der Waals surface area contributed by atoms with E-state index in [1.807, 2.05) is 17.0 Å². The number of piperazine rings is 1. The maximum Gasteiger partial charge on any atom is 0.317 e. The molecule has 1 saturated heterocycles. The summed E-state index contributed by atoms with van der Waals surface area (Å²) in [6.07, 6.45) is 0. The van der Waals surface area contributed by atoms with Crippen LogP contribution in [0, 0.1) is 20.8 Å². The monoisotopic (exact) mass is 337 g/mol. The molecular formula is C21H27N3O. The van der Waals surface area contributed by atoms with Crippen LogP contribution >= 0.6 is 0 Å². The van der Waals surface area contributed by atoms with E-state index in [1.54, 1.807) is 0 Å². The second-order valence-corrected chi connectivity index (χ2v) is 6.84. The molecule has 25 heavy (non-hydrogen) atoms. The summed E-state index contributed by atoms with van der Waals surface area (Å²) < 4.78 is 0. The minimum Gasteiger partial charge on any atom is -0.368 e. The van der Waals surface area contributed by atoms with Crippen LogP contribution in [0.5, 0.6) is 0 Å². The number of aryl methyl sites for hydroxylation is 2. The van der Waals surface area contributed by atoms with Gasteiger partial charge < -0.3 is 15.1 Å². The number of carbonyl (C=O) groups excluding carboxylic acids is 1. The molecule has 3 rings (SSSR count). The number of hydrogen-bond donors (Lipinski definition) is 1. The predicted octanol–water partition coefficient (Wildman–Crippen LogP) is 3.64. The van der Waals surface area contributed by atoms with Crippen LogP contribution in [-0.2, 0) is 6.54 Å². The predicted molar refractivity (Wildman–Crippen MR) is 103 cm³/mol. The van der Waals surface area contributed by atoms with Crippen LogP contribution in [0.3, 0.4) is 0 Å². The third kappa shape index (κ3) is 4.13. The van der Waals surface area contributed by atoms with E-state index in [-0.39, 0.29) is 6.03 Å². The molecule has 0 unspecified atom stereocenters. The lowest BCUT2D eigenvalue weighted by Gasteiger charge is -2.37. The molecule has 1 aliphatic rings. The number of amides is 2. The molecule has 0 aromatic heterocycles. The highest BCUT2D eigenvalue weighted by atomic mass is 16.2. The Labute approximate surface area is 150 Å². The number of anilines is 1. The maximum atomic E-state index is 12.4. The van der Waals surface area contributed by atoms with Gasteiger partial charge in [0, 0.05) is 38.4 Å². The van der Waals surface area contributed by atoms with E-state index in [9.17, 15) is 4.79 Å². The van der Waals surface area contributed by atoms with Gasteiger partial charge in [-0.1, -0.05) is 42.0 Å². The van der Waals surface area contributed by atoms with Crippen LogP contribution in [0.2, 0.25) is 0 Å². The molecule has 0 saturated carbocycles. The third-order valence-corrected chi connectivity index (χ3v) is 5.01. The van der Waals surface area contributed by atoms with Crippen molar-refractivity contribution in [3.05, 3.63) is 64.7 Å². The van der Waals surface area contributed by atoms with Gasteiger partial charge in [0.25, 0.3) is 0 Å². The fraction of sp³-hybridized carbons (Fsp3) is 0.381. The van der Waals surface area contributed by atoms with E-state index in [0.717, 1.165) is 31.7 Å². The Kier molecular flexibility index (Phi) is 5.27. The fourth-order valence-electron chi connectivity index (χ4n) is 3.34. The van der Waals surface area contributed by atoms with Gasteiger partial charge >= 0.3 is 6.03 Å². The summed E-state index contributed by atoms with van der Waals surface area (Å²) in [7, 11) is 0. The maximum absolute atomic E-state index is 12.4. The number of nitrogens with zero attached hydrogens (tertiary/aromatic N) is 2. The van der Waals surface area contributed by atoms with Crippen molar-refractivity contribution in [2.75, 3.05) is 31.1 Å². The molecule has 2 aromatic carbocycles. The zero-order chi connectivity index (χ0) is 17.8. The molecule has 4 nitrogen and oxygen atoms in total. The first kappa shape index (κ1) is 17.3. The van der Waals surface area contributed by atoms with Crippen LogP contribution in [-0.4, -0.2) is 37.1 Å². The molecule has 0 spiro atoms. The Balaban J connectivity index is 1.53. The summed E-state index contributed by atoms with van der Waals surface area (Å²) >= 11 is 0. The molecule has 1 aliphatic heterocycles. The molecule has 1 heterocycles. The SMILES string of the molecule is Cc1cccc(CNC(=O)N2CCN(c3cccc(C)c3C)CC2)c1. The summed E-state index contributed by atoms with van der Waals surface area (Å²) in [5.74, 6) is 0. The van der Waals surface area contributed by atoms with E-state index in [1.165, 1.54) is 22.4 Å². The molecule has 1 fully saturated rings. The van der Waals surface area contributed by atoms with Crippen molar-refractivity contribution >= 4 is 11.7 Å². The van der Waals surface area contributed by atoms with Gasteiger partial charge in [0.2, 0.25) is 0 Å². The van der Waals surface area contributed by atoms with Crippen molar-refractivity contribution in [2.45, 2.75) is 27.3 Å². The van der Waals surface area contributed by atoms with Crippen molar-refractivity contribution in [2.24, 2.45) is 0 Å². The zero-order valence-corrected chi connectivity index (χ0v) is 15.4. The van der Waals surface area contributed by atoms with Gasteiger partial charge in [-0.3, -0.25) is 0 Å². The molecular weight excluding hydrogens is 310 g/mol. The van der Waals surface area contributed by atoms with Crippen LogP contribution in [0.15, 0.2) is 42.5 Å². The zero-order valence-electron chi connectivity index (χ0n) is 15.4. The van der Waals surface area contributed by atoms with Crippen LogP contribution in [0.1, 0.15) is 22.3 Å². The second kappa shape index (κ2) is 7.60. The van der Waals surface area contributed by atoms with Gasteiger partial charge in [-0.15, -0.1) is 0 Å². The fourth-order valence-corrected chi connectivity index (χ4v) is 3.34. The normalized spacial score (nSPS) is 14.5. The number of hydrogen-bond acceptors (Lipinski definition) is 2. The molecule has 0 atom stereocenters. The van der Waals surface area contributed by atoms with Crippen LogP contribution in [0.4, 0.5) is 10.5 Å². The standard InChI is InChI=1S/C21H27N3O/c1-16-6-4-8-19(14-16)15-22-21(25)24-12-10-23(11-13-24)20-9-5-7-17(2)18(20)3/h4-9,14H,10-13,15H2,1-3H3,(H,22,25). The average Bonchev–Trinajstić information content (AvgIpc) is 2.62. The van der Waals surface area contributed by atoms with Gasteiger partial charge in [-0.2, -0.15) is 0 Å². The number of nitrogens with one attached hydrogen (secondary N) is 1. The quantitative estimate of drug-likeness (QED) is 0.928. The summed E-state index contributed by atoms with van der Waals surface area (Å²) in [6, 6.07) is 14.7. The smallest absolute Gasteiger partial charge is 0.317 e. The van der Waals surface area contributed by atoms with E-state index in [2.05, 4.69) is 61.3 Å². The molecule has 2 aromatic rings. The topological polar surface area (TPSA) is 35.6 Å². The Bertz CT molecular complexity index is 749. The summed E-state index contributed by atoms with van der Waals surface area (Å²) in [5, 5.41) is 3.04. The number of benzene rings is 2. The van der Waals surface area contributed by atoms with Gasteiger partial charge in [0.1, 0.15) is 0 Å². The molecule has 4 heteroatoms. The lowest BCUT2D eigenvalue weighted by atomic mass is 10.1. The Morgan fingerprint density at radius 2 is 1.72 bits per heavy atom. The molecule has 132 valence electrons. The minimum atomic E-state index is 0.0297. The number of urea groups is 1. The summed E-state index contributed by atoms with van der Waals surface area (Å²) in [4.78, 5) is 16.7. The minimum absolute atomic E-state index is 0.0297. The van der Waals surface area contributed by atoms with E-state index < -0.39 is 0 Å². The first-order valence-electron chi connectivity index (χ1n) is 8.94. The Morgan fingerprint density at radius 1 is 1.00 bits per heavy atom. The lowest BCUT2D eigenvalue weighted by Crippen LogP contribution is -2.51. The lowest BCUT2D eigenvalue weighted by molar-refractivity contribution is 0.194. The van der Waals surface area contributed by atoms with Crippen molar-refractivity contribution in [3.8, 4) is 0 Å². The molecule has 1 N–H and O–H groups in total. The highest BCUT2D eigenvalue weighted by molar-refractivity contribution is 5.74. The first-order valence-corrected chi connectivity index (χ1v) is 8.94. The highest BCUT2D eigenvalue weighted by Crippen LogP contribution is 2.23. The Morgan fingerprint density at radius 3 is 2.44 bits per heavy atom. The van der Waals surface area contributed by atoms with Crippen molar-refractivity contribution < 1.29 is 4.79 Å². The van der Waals surface area contributed by atoms with Crippen molar-refractivity contribution in [1.29, 1.82) is 0 Å². The summed E-state index contributed by atoms with van der Waals surface area (Å²) in [6.45, 7) is 10.2. The first-order chi connectivity index (χ1) is 12.0. The van der Waals surface area contributed by atoms with E-state index in [0.29, 0.717) is 6.54 Å². The van der Waals surface area contributed by atoms with Gasteiger partial charge in [-0.05, 0) is 43.5 Å². The molecule has 2 amide bonds. The van der Waals surface area contributed by atoms with Gasteiger partial charge in [0.15, 0.2) is 0 Å². The Hall–Kier alpha value is -2.49. The van der Waals surface area contributed by atoms with E-state index in [4.69, 9.17) is 0 Å². The highest BCUT2D eigenvalue weighted by Gasteiger charge is 2.22. The average molecular weight is 337 g/mol. The van der Waals surface area contributed by atoms with E-state index >= 15 is 0 Å². The molecule has 0 radical (unpaired) electrons. The third-order valence-electron chi connectivity index (χ3n) is 5.01. The van der Waals surface area contributed by atoms with Crippen LogP contribution < -0.4 is 10.2 Å². The van der Waals surface area contributed by atoms with Gasteiger partial charge in [0.05, 0.1) is 0 Å². The van der Waals surface area contributed by atoms with Crippen molar-refractivity contribution in [1.82, 2.24) is 10.2 Å².